The van der Waals surface area contributed by atoms with Gasteiger partial charge in [-0.2, -0.15) is 13.2 Å². The zero-order valence-electron chi connectivity index (χ0n) is 15.4. The van der Waals surface area contributed by atoms with Crippen molar-refractivity contribution in [3.05, 3.63) is 45.9 Å². The number of nitrogens with one attached hydrogen (secondary N) is 2. The number of ether oxygens (including phenoxy) is 1. The molecule has 2 rings (SSSR count). The SMILES string of the molecule is CCNC(=NCc1nc(C(F)(F)F)cs1)NCC(C)Oc1ccccc1C. The van der Waals surface area contributed by atoms with Gasteiger partial charge in [-0.1, -0.05) is 18.2 Å². The van der Waals surface area contributed by atoms with Gasteiger partial charge in [-0.15, -0.1) is 11.3 Å². The highest BCUT2D eigenvalue weighted by atomic mass is 32.1. The molecule has 0 fully saturated rings. The Labute approximate surface area is 160 Å². The van der Waals surface area contributed by atoms with Gasteiger partial charge < -0.3 is 15.4 Å². The first-order valence-corrected chi connectivity index (χ1v) is 9.43. The van der Waals surface area contributed by atoms with Crippen molar-refractivity contribution in [2.24, 2.45) is 4.99 Å². The van der Waals surface area contributed by atoms with Crippen LogP contribution in [0.3, 0.4) is 0 Å². The average molecular weight is 400 g/mol. The highest BCUT2D eigenvalue weighted by Gasteiger charge is 2.33. The van der Waals surface area contributed by atoms with E-state index in [-0.39, 0.29) is 12.6 Å². The smallest absolute Gasteiger partial charge is 0.434 e. The van der Waals surface area contributed by atoms with E-state index >= 15 is 0 Å². The normalized spacial score (nSPS) is 13.3. The van der Waals surface area contributed by atoms with E-state index < -0.39 is 11.9 Å². The second-order valence-electron chi connectivity index (χ2n) is 5.89. The van der Waals surface area contributed by atoms with Crippen molar-refractivity contribution < 1.29 is 17.9 Å². The third-order valence-corrected chi connectivity index (χ3v) is 4.37. The Bertz CT molecular complexity index is 761. The van der Waals surface area contributed by atoms with Crippen LogP contribution in [0.5, 0.6) is 5.75 Å². The van der Waals surface area contributed by atoms with Crippen LogP contribution in [0.2, 0.25) is 0 Å². The van der Waals surface area contributed by atoms with E-state index in [1.54, 1.807) is 0 Å². The van der Waals surface area contributed by atoms with Crippen molar-refractivity contribution in [3.63, 3.8) is 0 Å². The van der Waals surface area contributed by atoms with Crippen molar-refractivity contribution in [2.45, 2.75) is 39.6 Å². The van der Waals surface area contributed by atoms with Crippen LogP contribution in [0.1, 0.15) is 30.1 Å². The molecule has 1 aromatic carbocycles. The van der Waals surface area contributed by atoms with Crippen LogP contribution in [0, 0.1) is 6.92 Å². The van der Waals surface area contributed by atoms with Gasteiger partial charge in [0, 0.05) is 11.9 Å². The van der Waals surface area contributed by atoms with E-state index in [4.69, 9.17) is 4.74 Å². The summed E-state index contributed by atoms with van der Waals surface area (Å²) in [5, 5.41) is 7.51. The van der Waals surface area contributed by atoms with Crippen LogP contribution in [-0.2, 0) is 12.7 Å². The molecule has 5 nitrogen and oxygen atoms in total. The maximum Gasteiger partial charge on any atom is 0.434 e. The molecular formula is C18H23F3N4OS. The van der Waals surface area contributed by atoms with Crippen molar-refractivity contribution in [2.75, 3.05) is 13.1 Å². The summed E-state index contributed by atoms with van der Waals surface area (Å²) in [6.45, 7) is 7.01. The second-order valence-corrected chi connectivity index (χ2v) is 6.84. The maximum absolute atomic E-state index is 12.6. The Morgan fingerprint density at radius 3 is 2.67 bits per heavy atom. The number of guanidine groups is 1. The summed E-state index contributed by atoms with van der Waals surface area (Å²) in [6, 6.07) is 7.75. The lowest BCUT2D eigenvalue weighted by Crippen LogP contribution is -2.41. The van der Waals surface area contributed by atoms with Crippen molar-refractivity contribution >= 4 is 17.3 Å². The summed E-state index contributed by atoms with van der Waals surface area (Å²) in [4.78, 5) is 7.88. The maximum atomic E-state index is 12.6. The fourth-order valence-corrected chi connectivity index (χ4v) is 2.91. The summed E-state index contributed by atoms with van der Waals surface area (Å²) in [7, 11) is 0. The molecular weight excluding hydrogens is 377 g/mol. The molecule has 2 N–H and O–H groups in total. The van der Waals surface area contributed by atoms with E-state index in [1.807, 2.05) is 45.0 Å². The first-order chi connectivity index (χ1) is 12.8. The molecule has 27 heavy (non-hydrogen) atoms. The van der Waals surface area contributed by atoms with E-state index in [2.05, 4.69) is 20.6 Å². The third-order valence-electron chi connectivity index (χ3n) is 3.54. The van der Waals surface area contributed by atoms with Gasteiger partial charge >= 0.3 is 6.18 Å². The molecule has 1 atom stereocenters. The molecule has 0 aliphatic heterocycles. The first-order valence-electron chi connectivity index (χ1n) is 8.55. The van der Waals surface area contributed by atoms with Crippen molar-refractivity contribution in [1.82, 2.24) is 15.6 Å². The van der Waals surface area contributed by atoms with Crippen LogP contribution in [0.4, 0.5) is 13.2 Å². The van der Waals surface area contributed by atoms with Crippen LogP contribution in [0.25, 0.3) is 0 Å². The lowest BCUT2D eigenvalue weighted by atomic mass is 10.2. The fourth-order valence-electron chi connectivity index (χ4n) is 2.19. The van der Waals surface area contributed by atoms with Crippen LogP contribution in [-0.4, -0.2) is 30.1 Å². The van der Waals surface area contributed by atoms with Crippen molar-refractivity contribution in [3.8, 4) is 5.75 Å². The number of halogens is 3. The minimum Gasteiger partial charge on any atom is -0.489 e. The monoisotopic (exact) mass is 400 g/mol. The van der Waals surface area contributed by atoms with Gasteiger partial charge in [0.25, 0.3) is 0 Å². The quantitative estimate of drug-likeness (QED) is 0.545. The van der Waals surface area contributed by atoms with Crippen molar-refractivity contribution in [1.29, 1.82) is 0 Å². The average Bonchev–Trinajstić information content (AvgIpc) is 3.09. The van der Waals surface area contributed by atoms with Gasteiger partial charge in [-0.3, -0.25) is 0 Å². The van der Waals surface area contributed by atoms with Gasteiger partial charge in [-0.05, 0) is 32.4 Å². The van der Waals surface area contributed by atoms with Gasteiger partial charge in [0.2, 0.25) is 0 Å². The van der Waals surface area contributed by atoms with Crippen LogP contribution < -0.4 is 15.4 Å². The molecule has 9 heteroatoms. The zero-order chi connectivity index (χ0) is 19.9. The highest BCUT2D eigenvalue weighted by Crippen LogP contribution is 2.30. The molecule has 0 saturated carbocycles. The molecule has 0 aliphatic rings. The molecule has 0 radical (unpaired) electrons. The number of hydrogen-bond acceptors (Lipinski definition) is 4. The topological polar surface area (TPSA) is 58.5 Å². The lowest BCUT2D eigenvalue weighted by molar-refractivity contribution is -0.140. The van der Waals surface area contributed by atoms with Crippen LogP contribution >= 0.6 is 11.3 Å². The molecule has 148 valence electrons. The largest absolute Gasteiger partial charge is 0.489 e. The molecule has 0 saturated heterocycles. The molecule has 0 spiro atoms. The highest BCUT2D eigenvalue weighted by molar-refractivity contribution is 7.09. The molecule has 0 bridgehead atoms. The fraction of sp³-hybridized carbons (Fsp3) is 0.444. The molecule has 1 aromatic heterocycles. The Kier molecular flexibility index (Phi) is 7.46. The third kappa shape index (κ3) is 6.74. The predicted octanol–water partition coefficient (Wildman–Crippen LogP) is 3.99. The summed E-state index contributed by atoms with van der Waals surface area (Å²) < 4.78 is 43.7. The zero-order valence-corrected chi connectivity index (χ0v) is 16.2. The van der Waals surface area contributed by atoms with Gasteiger partial charge in [0.15, 0.2) is 11.7 Å². The number of alkyl halides is 3. The van der Waals surface area contributed by atoms with E-state index in [1.165, 1.54) is 0 Å². The molecule has 1 unspecified atom stereocenters. The molecule has 2 aromatic rings. The number of benzene rings is 1. The number of aliphatic imine (C=N–C) groups is 1. The standard InChI is InChI=1S/C18H23F3N4OS/c1-4-22-17(24-10-16-25-15(11-27-16)18(19,20)21)23-9-13(3)26-14-8-6-5-7-12(14)2/h5-8,11,13H,4,9-10H2,1-3H3,(H2,22,23,24). The first kappa shape index (κ1) is 21.0. The minimum absolute atomic E-state index is 0.0725. The summed E-state index contributed by atoms with van der Waals surface area (Å²) >= 11 is 0.946. The van der Waals surface area contributed by atoms with Gasteiger partial charge in [0.1, 0.15) is 16.9 Å². The van der Waals surface area contributed by atoms with Gasteiger partial charge in [-0.25, -0.2) is 9.98 Å². The number of hydrogen-bond donors (Lipinski definition) is 2. The van der Waals surface area contributed by atoms with E-state index in [0.717, 1.165) is 28.0 Å². The Morgan fingerprint density at radius 1 is 1.30 bits per heavy atom. The summed E-state index contributed by atoms with van der Waals surface area (Å²) in [5.41, 5.74) is 0.171. The molecule has 0 amide bonds. The number of rotatable bonds is 7. The number of thiazole rings is 1. The van der Waals surface area contributed by atoms with Gasteiger partial charge in [0.05, 0.1) is 13.1 Å². The summed E-state index contributed by atoms with van der Waals surface area (Å²) in [6.07, 6.45) is -4.55. The van der Waals surface area contributed by atoms with E-state index in [9.17, 15) is 13.2 Å². The second kappa shape index (κ2) is 9.59. The Hall–Kier alpha value is -2.29. The number of aromatic nitrogens is 1. The molecule has 1 heterocycles. The molecule has 0 aliphatic carbocycles. The number of aryl methyl sites for hydroxylation is 1. The van der Waals surface area contributed by atoms with Crippen LogP contribution in [0.15, 0.2) is 34.6 Å². The minimum atomic E-state index is -4.43. The predicted molar refractivity (Wildman–Crippen MR) is 101 cm³/mol. The van der Waals surface area contributed by atoms with E-state index in [0.29, 0.717) is 24.1 Å². The Morgan fingerprint density at radius 2 is 2.04 bits per heavy atom. The lowest BCUT2D eigenvalue weighted by Gasteiger charge is -2.18. The Balaban J connectivity index is 1.91. The summed E-state index contributed by atoms with van der Waals surface area (Å²) in [5.74, 6) is 1.32. The number of para-hydroxylation sites is 1. The number of nitrogens with zero attached hydrogens (tertiary/aromatic N) is 2.